The van der Waals surface area contributed by atoms with Gasteiger partial charge in [0.25, 0.3) is 0 Å². The zero-order valence-electron chi connectivity index (χ0n) is 13.9. The maximum absolute atomic E-state index is 12.2. The quantitative estimate of drug-likeness (QED) is 0.867. The molecule has 0 aliphatic carbocycles. The first kappa shape index (κ1) is 16.6. The number of hydrogen-bond donors (Lipinski definition) is 1. The minimum absolute atomic E-state index is 0.00133. The van der Waals surface area contributed by atoms with Crippen LogP contribution in [0.2, 0.25) is 0 Å². The molecule has 0 radical (unpaired) electrons. The molecule has 1 aliphatic heterocycles. The van der Waals surface area contributed by atoms with Crippen LogP contribution in [-0.4, -0.2) is 35.2 Å². The van der Waals surface area contributed by atoms with Crippen molar-refractivity contribution in [1.82, 2.24) is 10.2 Å². The van der Waals surface area contributed by atoms with E-state index in [1.165, 1.54) is 5.56 Å². The number of ether oxygens (including phenoxy) is 1. The smallest absolute Gasteiger partial charge is 0.411 e. The van der Waals surface area contributed by atoms with E-state index in [0.29, 0.717) is 6.54 Å². The molecule has 22 heavy (non-hydrogen) atoms. The van der Waals surface area contributed by atoms with E-state index >= 15 is 0 Å². The summed E-state index contributed by atoms with van der Waals surface area (Å²) in [5.74, 6) is 0. The van der Waals surface area contributed by atoms with Crippen LogP contribution in [0.1, 0.15) is 33.3 Å². The van der Waals surface area contributed by atoms with Gasteiger partial charge in [-0.2, -0.15) is 0 Å². The Hall–Kier alpha value is -1.81. The van der Waals surface area contributed by atoms with Crippen molar-refractivity contribution in [3.8, 4) is 0 Å². The lowest BCUT2D eigenvalue weighted by Gasteiger charge is -2.46. The molecule has 1 fully saturated rings. The fourth-order valence-corrected chi connectivity index (χ4v) is 2.63. The van der Waals surface area contributed by atoms with E-state index in [2.05, 4.69) is 31.0 Å². The Morgan fingerprint density at radius 2 is 2.05 bits per heavy atom. The first-order valence-corrected chi connectivity index (χ1v) is 7.72. The molecule has 1 aromatic carbocycles. The summed E-state index contributed by atoms with van der Waals surface area (Å²) in [6, 6.07) is 10.4. The molecular formula is C18H26N2O2. The number of carbonyl (C=O) groups is 1. The van der Waals surface area contributed by atoms with Crippen LogP contribution < -0.4 is 5.32 Å². The fourth-order valence-electron chi connectivity index (χ4n) is 2.63. The molecule has 1 aromatic rings. The summed E-state index contributed by atoms with van der Waals surface area (Å²) in [7, 11) is 0. The minimum atomic E-state index is -0.473. The molecule has 0 bridgehead atoms. The molecule has 1 saturated heterocycles. The van der Waals surface area contributed by atoms with Crippen LogP contribution in [0.5, 0.6) is 0 Å². The molecule has 2 rings (SSSR count). The van der Waals surface area contributed by atoms with E-state index in [9.17, 15) is 4.79 Å². The van der Waals surface area contributed by atoms with Crippen LogP contribution in [0.4, 0.5) is 4.79 Å². The topological polar surface area (TPSA) is 41.6 Å². The zero-order valence-corrected chi connectivity index (χ0v) is 13.9. The van der Waals surface area contributed by atoms with E-state index in [1.54, 1.807) is 4.90 Å². The van der Waals surface area contributed by atoms with E-state index in [4.69, 9.17) is 4.74 Å². The molecule has 1 unspecified atom stereocenters. The van der Waals surface area contributed by atoms with Gasteiger partial charge in [-0.25, -0.2) is 4.79 Å². The molecule has 0 saturated carbocycles. The van der Waals surface area contributed by atoms with Crippen molar-refractivity contribution in [2.24, 2.45) is 0 Å². The van der Waals surface area contributed by atoms with Crippen molar-refractivity contribution in [1.29, 1.82) is 0 Å². The summed E-state index contributed by atoms with van der Waals surface area (Å²) in [4.78, 5) is 14.0. The van der Waals surface area contributed by atoms with Crippen LogP contribution in [0, 0.1) is 0 Å². The summed E-state index contributed by atoms with van der Waals surface area (Å²) in [6.07, 6.45) is -0.265. The van der Waals surface area contributed by atoms with Gasteiger partial charge in [-0.15, -0.1) is 0 Å². The van der Waals surface area contributed by atoms with Crippen molar-refractivity contribution >= 4 is 6.09 Å². The first-order chi connectivity index (χ1) is 10.3. The SMILES string of the molecule is C=C1CN(C(=O)OC(C)(C)C)C1[C@@H](C)NCc1ccccc1. The minimum Gasteiger partial charge on any atom is -0.444 e. The highest BCUT2D eigenvalue weighted by atomic mass is 16.6. The van der Waals surface area contributed by atoms with Crippen molar-refractivity contribution in [3.05, 3.63) is 48.0 Å². The summed E-state index contributed by atoms with van der Waals surface area (Å²) >= 11 is 0. The van der Waals surface area contributed by atoms with Gasteiger partial charge < -0.3 is 10.1 Å². The number of nitrogens with one attached hydrogen (secondary N) is 1. The number of hydrogen-bond acceptors (Lipinski definition) is 3. The van der Waals surface area contributed by atoms with Crippen molar-refractivity contribution < 1.29 is 9.53 Å². The third-order valence-electron chi connectivity index (χ3n) is 3.70. The molecule has 1 amide bonds. The van der Waals surface area contributed by atoms with Gasteiger partial charge in [-0.3, -0.25) is 4.90 Å². The molecule has 0 aromatic heterocycles. The van der Waals surface area contributed by atoms with Crippen LogP contribution >= 0.6 is 0 Å². The molecule has 2 atom stereocenters. The molecular weight excluding hydrogens is 276 g/mol. The predicted octanol–water partition coefficient (Wildman–Crippen LogP) is 3.34. The highest BCUT2D eigenvalue weighted by Crippen LogP contribution is 2.27. The number of benzene rings is 1. The standard InChI is InChI=1S/C18H26N2O2/c1-13-12-20(17(21)22-18(3,4)5)16(13)14(2)19-11-15-9-7-6-8-10-15/h6-10,14,16,19H,1,11-12H2,2-5H3/t14-,16?/m1/s1. The van der Waals surface area contributed by atoms with Gasteiger partial charge in [0.2, 0.25) is 0 Å². The Kier molecular flexibility index (Phi) is 4.91. The zero-order chi connectivity index (χ0) is 16.3. The molecule has 4 nitrogen and oxygen atoms in total. The van der Waals surface area contributed by atoms with Gasteiger partial charge in [0.05, 0.1) is 6.04 Å². The highest BCUT2D eigenvalue weighted by molar-refractivity contribution is 5.71. The summed E-state index contributed by atoms with van der Waals surface area (Å²) < 4.78 is 5.45. The summed E-state index contributed by atoms with van der Waals surface area (Å²) in [6.45, 7) is 13.1. The van der Waals surface area contributed by atoms with Crippen molar-refractivity contribution in [2.45, 2.75) is 51.9 Å². The Morgan fingerprint density at radius 3 is 2.59 bits per heavy atom. The van der Waals surface area contributed by atoms with Gasteiger partial charge in [-0.1, -0.05) is 36.9 Å². The van der Waals surface area contributed by atoms with Crippen LogP contribution in [0.3, 0.4) is 0 Å². The molecule has 4 heteroatoms. The van der Waals surface area contributed by atoms with Gasteiger partial charge in [0.1, 0.15) is 5.60 Å². The van der Waals surface area contributed by atoms with Gasteiger partial charge in [0, 0.05) is 19.1 Å². The Balaban J connectivity index is 1.91. The lowest BCUT2D eigenvalue weighted by Crippen LogP contribution is -2.61. The van der Waals surface area contributed by atoms with Gasteiger partial charge >= 0.3 is 6.09 Å². The lowest BCUT2D eigenvalue weighted by atomic mass is 9.91. The number of amides is 1. The molecule has 0 spiro atoms. The fraction of sp³-hybridized carbons (Fsp3) is 0.500. The number of likely N-dealkylation sites (tertiary alicyclic amines) is 1. The monoisotopic (exact) mass is 302 g/mol. The third kappa shape index (κ3) is 4.10. The van der Waals surface area contributed by atoms with Gasteiger partial charge in [-0.05, 0) is 38.8 Å². The maximum atomic E-state index is 12.2. The summed E-state index contributed by atoms with van der Waals surface area (Å²) in [5.41, 5.74) is 1.82. The largest absolute Gasteiger partial charge is 0.444 e. The van der Waals surface area contributed by atoms with Crippen LogP contribution in [-0.2, 0) is 11.3 Å². The lowest BCUT2D eigenvalue weighted by molar-refractivity contribution is 0.00558. The Labute approximate surface area is 133 Å². The highest BCUT2D eigenvalue weighted by Gasteiger charge is 2.41. The van der Waals surface area contributed by atoms with Crippen LogP contribution in [0.15, 0.2) is 42.5 Å². The third-order valence-corrected chi connectivity index (χ3v) is 3.70. The van der Waals surface area contributed by atoms with E-state index in [-0.39, 0.29) is 18.2 Å². The average molecular weight is 302 g/mol. The predicted molar refractivity (Wildman–Crippen MR) is 88.6 cm³/mol. The van der Waals surface area contributed by atoms with Gasteiger partial charge in [0.15, 0.2) is 0 Å². The Bertz CT molecular complexity index is 534. The molecule has 1 aliphatic rings. The summed E-state index contributed by atoms with van der Waals surface area (Å²) in [5, 5.41) is 3.47. The van der Waals surface area contributed by atoms with Crippen LogP contribution in [0.25, 0.3) is 0 Å². The van der Waals surface area contributed by atoms with E-state index < -0.39 is 5.60 Å². The van der Waals surface area contributed by atoms with E-state index in [1.807, 2.05) is 39.0 Å². The molecule has 1 N–H and O–H groups in total. The normalized spacial score (nSPS) is 19.5. The number of carbonyl (C=O) groups excluding carboxylic acids is 1. The Morgan fingerprint density at radius 1 is 1.41 bits per heavy atom. The van der Waals surface area contributed by atoms with Crippen molar-refractivity contribution in [2.75, 3.05) is 6.54 Å². The second-order valence-electron chi connectivity index (χ2n) is 6.87. The second kappa shape index (κ2) is 6.53. The number of nitrogens with zero attached hydrogens (tertiary/aromatic N) is 1. The molecule has 1 heterocycles. The second-order valence-corrected chi connectivity index (χ2v) is 6.87. The average Bonchev–Trinajstić information content (AvgIpc) is 2.41. The first-order valence-electron chi connectivity index (χ1n) is 7.72. The molecule has 120 valence electrons. The maximum Gasteiger partial charge on any atom is 0.411 e. The van der Waals surface area contributed by atoms with Crippen molar-refractivity contribution in [3.63, 3.8) is 0 Å². The van der Waals surface area contributed by atoms with E-state index in [0.717, 1.165) is 12.1 Å². The number of rotatable bonds is 4.